The number of rotatable bonds is 4. The minimum absolute atomic E-state index is 0.00509. The molecule has 0 fully saturated rings. The molecule has 0 saturated heterocycles. The third kappa shape index (κ3) is 3.37. The summed E-state index contributed by atoms with van der Waals surface area (Å²) in [5.74, 6) is 0.00509. The predicted molar refractivity (Wildman–Crippen MR) is 64.8 cm³/mol. The molecule has 1 aromatic carbocycles. The molecule has 0 bridgehead atoms. The smallest absolute Gasteiger partial charge is 0.164 e. The number of carbonyl (C=O) groups excluding carboxylic acids is 1. The second kappa shape index (κ2) is 5.34. The Morgan fingerprint density at radius 3 is 2.60 bits per heavy atom. The fourth-order valence-electron chi connectivity index (χ4n) is 1.18. The summed E-state index contributed by atoms with van der Waals surface area (Å²) in [5.41, 5.74) is 1.48. The minimum atomic E-state index is 0.00509. The van der Waals surface area contributed by atoms with Crippen molar-refractivity contribution in [1.82, 2.24) is 0 Å². The van der Waals surface area contributed by atoms with E-state index in [9.17, 15) is 4.79 Å². The maximum absolute atomic E-state index is 11.7. The molecule has 1 aromatic rings. The van der Waals surface area contributed by atoms with Crippen molar-refractivity contribution in [2.45, 2.75) is 19.8 Å². The molecule has 3 heteroatoms. The molecule has 0 aliphatic carbocycles. The van der Waals surface area contributed by atoms with Crippen molar-refractivity contribution in [3.05, 3.63) is 46.0 Å². The summed E-state index contributed by atoms with van der Waals surface area (Å²) < 4.78 is 0. The number of Topliss-reactive ketones (excluding diaryl/α,β-unsaturated/α-hetero) is 1. The van der Waals surface area contributed by atoms with Gasteiger partial charge in [0.15, 0.2) is 5.78 Å². The molecular formula is C12H12Cl2O. The molecule has 80 valence electrons. The fraction of sp³-hybridized carbons (Fsp3) is 0.250. The molecule has 0 aliphatic heterocycles. The average Bonchev–Trinajstić information content (AvgIpc) is 2.18. The van der Waals surface area contributed by atoms with E-state index in [-0.39, 0.29) is 5.78 Å². The summed E-state index contributed by atoms with van der Waals surface area (Å²) in [6, 6.07) is 5.08. The lowest BCUT2D eigenvalue weighted by molar-refractivity contribution is 0.0983. The Balaban J connectivity index is 2.82. The molecular weight excluding hydrogens is 231 g/mol. The van der Waals surface area contributed by atoms with E-state index >= 15 is 0 Å². The molecule has 15 heavy (non-hydrogen) atoms. The van der Waals surface area contributed by atoms with E-state index in [4.69, 9.17) is 23.2 Å². The van der Waals surface area contributed by atoms with E-state index in [1.54, 1.807) is 18.2 Å². The molecule has 0 aliphatic rings. The average molecular weight is 243 g/mol. The second-order valence-electron chi connectivity index (χ2n) is 3.48. The van der Waals surface area contributed by atoms with Crippen LogP contribution in [0, 0.1) is 0 Å². The standard InChI is InChI=1S/C12H12Cl2O/c1-8(2)6-7-11(15)9-4-3-5-10(13)12(9)14/h3-5H,1,6-7H2,2H3. The zero-order chi connectivity index (χ0) is 11.4. The van der Waals surface area contributed by atoms with Crippen molar-refractivity contribution >= 4 is 29.0 Å². The Labute approximate surface area is 99.7 Å². The molecule has 0 heterocycles. The van der Waals surface area contributed by atoms with Gasteiger partial charge in [-0.25, -0.2) is 0 Å². The topological polar surface area (TPSA) is 17.1 Å². The normalized spacial score (nSPS) is 10.1. The Morgan fingerprint density at radius 2 is 2.00 bits per heavy atom. The number of halogens is 2. The van der Waals surface area contributed by atoms with Crippen LogP contribution in [-0.2, 0) is 0 Å². The first kappa shape index (κ1) is 12.3. The Bertz CT molecular complexity index is 397. The zero-order valence-corrected chi connectivity index (χ0v) is 10.0. The van der Waals surface area contributed by atoms with Gasteiger partial charge in [-0.3, -0.25) is 4.79 Å². The van der Waals surface area contributed by atoms with E-state index in [0.29, 0.717) is 28.5 Å². The lowest BCUT2D eigenvalue weighted by atomic mass is 10.0. The van der Waals surface area contributed by atoms with Gasteiger partial charge in [-0.05, 0) is 25.5 Å². The molecule has 0 amide bonds. The Hall–Kier alpha value is -0.790. The highest BCUT2D eigenvalue weighted by Gasteiger charge is 2.11. The maximum atomic E-state index is 11.7. The fourth-order valence-corrected chi connectivity index (χ4v) is 1.59. The summed E-state index contributed by atoms with van der Waals surface area (Å²) in [4.78, 5) is 11.7. The number of hydrogen-bond donors (Lipinski definition) is 0. The van der Waals surface area contributed by atoms with Crippen LogP contribution in [0.4, 0.5) is 0 Å². The Kier molecular flexibility index (Phi) is 4.37. The van der Waals surface area contributed by atoms with Crippen LogP contribution in [0.1, 0.15) is 30.1 Å². The summed E-state index contributed by atoms with van der Waals surface area (Å²) >= 11 is 11.7. The molecule has 0 unspecified atom stereocenters. The van der Waals surface area contributed by atoms with Crippen molar-refractivity contribution < 1.29 is 4.79 Å². The summed E-state index contributed by atoms with van der Waals surface area (Å²) in [6.07, 6.45) is 1.11. The van der Waals surface area contributed by atoms with E-state index in [1.807, 2.05) is 6.92 Å². The van der Waals surface area contributed by atoms with E-state index in [1.165, 1.54) is 0 Å². The van der Waals surface area contributed by atoms with E-state index in [2.05, 4.69) is 6.58 Å². The monoisotopic (exact) mass is 242 g/mol. The Morgan fingerprint density at radius 1 is 1.33 bits per heavy atom. The van der Waals surface area contributed by atoms with Crippen molar-refractivity contribution in [2.75, 3.05) is 0 Å². The zero-order valence-electron chi connectivity index (χ0n) is 8.52. The van der Waals surface area contributed by atoms with Crippen LogP contribution in [0.2, 0.25) is 10.0 Å². The molecule has 0 saturated carbocycles. The van der Waals surface area contributed by atoms with Crippen molar-refractivity contribution in [3.8, 4) is 0 Å². The molecule has 1 rings (SSSR count). The number of hydrogen-bond acceptors (Lipinski definition) is 1. The van der Waals surface area contributed by atoms with Crippen LogP contribution in [0.15, 0.2) is 30.4 Å². The van der Waals surface area contributed by atoms with Crippen LogP contribution in [-0.4, -0.2) is 5.78 Å². The van der Waals surface area contributed by atoms with Crippen LogP contribution in [0.3, 0.4) is 0 Å². The van der Waals surface area contributed by atoms with Crippen LogP contribution >= 0.6 is 23.2 Å². The van der Waals surface area contributed by atoms with Crippen molar-refractivity contribution in [1.29, 1.82) is 0 Å². The summed E-state index contributed by atoms with van der Waals surface area (Å²) in [5, 5.41) is 0.753. The van der Waals surface area contributed by atoms with Gasteiger partial charge in [-0.15, -0.1) is 6.58 Å². The largest absolute Gasteiger partial charge is 0.294 e. The van der Waals surface area contributed by atoms with Gasteiger partial charge in [0.25, 0.3) is 0 Å². The highest BCUT2D eigenvalue weighted by atomic mass is 35.5. The SMILES string of the molecule is C=C(C)CCC(=O)c1cccc(Cl)c1Cl. The number of allylic oxidation sites excluding steroid dienone is 1. The molecule has 0 atom stereocenters. The van der Waals surface area contributed by atoms with Crippen molar-refractivity contribution in [3.63, 3.8) is 0 Å². The molecule has 0 radical (unpaired) electrons. The van der Waals surface area contributed by atoms with Gasteiger partial charge in [-0.1, -0.05) is 34.8 Å². The third-order valence-corrected chi connectivity index (χ3v) is 2.85. The van der Waals surface area contributed by atoms with E-state index in [0.717, 1.165) is 5.57 Å². The van der Waals surface area contributed by atoms with Gasteiger partial charge in [0.05, 0.1) is 10.0 Å². The maximum Gasteiger partial charge on any atom is 0.164 e. The lowest BCUT2D eigenvalue weighted by Crippen LogP contribution is -2.00. The van der Waals surface area contributed by atoms with E-state index < -0.39 is 0 Å². The summed E-state index contributed by atoms with van der Waals surface area (Å²) in [6.45, 7) is 5.65. The molecule has 0 N–H and O–H groups in total. The molecule has 0 aromatic heterocycles. The lowest BCUT2D eigenvalue weighted by Gasteiger charge is -2.04. The van der Waals surface area contributed by atoms with Gasteiger partial charge in [0, 0.05) is 12.0 Å². The first-order valence-corrected chi connectivity index (χ1v) is 5.39. The predicted octanol–water partition coefficient (Wildman–Crippen LogP) is 4.53. The minimum Gasteiger partial charge on any atom is -0.294 e. The number of carbonyl (C=O) groups is 1. The van der Waals surface area contributed by atoms with Crippen LogP contribution < -0.4 is 0 Å². The van der Waals surface area contributed by atoms with Gasteiger partial charge in [-0.2, -0.15) is 0 Å². The first-order valence-electron chi connectivity index (χ1n) is 4.64. The van der Waals surface area contributed by atoms with Gasteiger partial charge in [0.1, 0.15) is 0 Å². The third-order valence-electron chi connectivity index (χ3n) is 2.03. The van der Waals surface area contributed by atoms with Gasteiger partial charge in [0.2, 0.25) is 0 Å². The quantitative estimate of drug-likeness (QED) is 0.560. The first-order chi connectivity index (χ1) is 7.02. The molecule has 1 nitrogen and oxygen atoms in total. The molecule has 0 spiro atoms. The number of benzene rings is 1. The highest BCUT2D eigenvalue weighted by molar-refractivity contribution is 6.43. The highest BCUT2D eigenvalue weighted by Crippen LogP contribution is 2.26. The van der Waals surface area contributed by atoms with Crippen molar-refractivity contribution in [2.24, 2.45) is 0 Å². The van der Waals surface area contributed by atoms with Gasteiger partial charge >= 0.3 is 0 Å². The van der Waals surface area contributed by atoms with Crippen LogP contribution in [0.5, 0.6) is 0 Å². The van der Waals surface area contributed by atoms with Crippen LogP contribution in [0.25, 0.3) is 0 Å². The number of ketones is 1. The summed E-state index contributed by atoms with van der Waals surface area (Å²) in [7, 11) is 0. The second-order valence-corrected chi connectivity index (χ2v) is 4.27. The van der Waals surface area contributed by atoms with Gasteiger partial charge < -0.3 is 0 Å².